The van der Waals surface area contributed by atoms with Crippen molar-refractivity contribution in [1.29, 1.82) is 0 Å². The molecule has 8 nitrogen and oxygen atoms in total. The van der Waals surface area contributed by atoms with Crippen molar-refractivity contribution in [2.45, 2.75) is 32.0 Å². The first-order valence-corrected chi connectivity index (χ1v) is 8.53. The number of hydrogen-bond acceptors (Lipinski definition) is 6. The second-order valence-corrected chi connectivity index (χ2v) is 6.53. The Labute approximate surface area is 158 Å². The van der Waals surface area contributed by atoms with E-state index in [0.717, 1.165) is 18.9 Å². The van der Waals surface area contributed by atoms with Crippen LogP contribution in [0.25, 0.3) is 0 Å². The molecule has 0 radical (unpaired) electrons. The standard InChI is InChI=1S/C17H20F3N3O5/c1-10(11-3-4-11)22(9-17(18,19)20)15(24)8-28-16(25)12-5-6-13(21-2)14(7-12)23(26)27/h5-7,10-11,21H,3-4,8-9H2,1-2H3/t10-/m1/s1. The van der Waals surface area contributed by atoms with Gasteiger partial charge in [0.2, 0.25) is 0 Å². The van der Waals surface area contributed by atoms with E-state index in [4.69, 9.17) is 4.74 Å². The van der Waals surface area contributed by atoms with E-state index in [1.807, 2.05) is 0 Å². The fourth-order valence-corrected chi connectivity index (χ4v) is 2.80. The smallest absolute Gasteiger partial charge is 0.406 e. The van der Waals surface area contributed by atoms with Crippen molar-refractivity contribution in [3.8, 4) is 0 Å². The summed E-state index contributed by atoms with van der Waals surface area (Å²) in [4.78, 5) is 35.3. The highest BCUT2D eigenvalue weighted by Gasteiger charge is 2.40. The number of rotatable bonds is 8. The number of esters is 1. The molecule has 0 spiro atoms. The lowest BCUT2D eigenvalue weighted by Gasteiger charge is -2.30. The van der Waals surface area contributed by atoms with Crippen molar-refractivity contribution in [3.63, 3.8) is 0 Å². The molecule has 2 rings (SSSR count). The third-order valence-corrected chi connectivity index (χ3v) is 4.49. The molecule has 1 N–H and O–H groups in total. The number of benzene rings is 1. The molecule has 1 amide bonds. The van der Waals surface area contributed by atoms with Crippen molar-refractivity contribution in [3.05, 3.63) is 33.9 Å². The molecule has 0 bridgehead atoms. The van der Waals surface area contributed by atoms with Crippen LogP contribution >= 0.6 is 0 Å². The van der Waals surface area contributed by atoms with Crippen LogP contribution < -0.4 is 5.32 Å². The van der Waals surface area contributed by atoms with Crippen LogP contribution in [0.5, 0.6) is 0 Å². The lowest BCUT2D eigenvalue weighted by atomic mass is 10.1. The molecule has 1 aromatic carbocycles. The number of nitro groups is 1. The summed E-state index contributed by atoms with van der Waals surface area (Å²) >= 11 is 0. The third kappa shape index (κ3) is 5.57. The topological polar surface area (TPSA) is 102 Å². The fourth-order valence-electron chi connectivity index (χ4n) is 2.80. The van der Waals surface area contributed by atoms with Gasteiger partial charge in [0.1, 0.15) is 12.2 Å². The van der Waals surface area contributed by atoms with Crippen molar-refractivity contribution in [1.82, 2.24) is 4.90 Å². The van der Waals surface area contributed by atoms with Crippen LogP contribution in [0.2, 0.25) is 0 Å². The summed E-state index contributed by atoms with van der Waals surface area (Å²) in [6.45, 7) is -0.778. The highest BCUT2D eigenvalue weighted by Crippen LogP contribution is 2.36. The number of hydrogen-bond donors (Lipinski definition) is 1. The van der Waals surface area contributed by atoms with E-state index in [1.165, 1.54) is 26.1 Å². The Morgan fingerprint density at radius 2 is 2.04 bits per heavy atom. The summed E-state index contributed by atoms with van der Waals surface area (Å²) in [5, 5.41) is 13.6. The maximum atomic E-state index is 12.8. The lowest BCUT2D eigenvalue weighted by Crippen LogP contribution is -2.47. The number of anilines is 1. The molecular formula is C17H20F3N3O5. The van der Waals surface area contributed by atoms with Gasteiger partial charge < -0.3 is 15.0 Å². The van der Waals surface area contributed by atoms with Gasteiger partial charge in [-0.05, 0) is 37.8 Å². The van der Waals surface area contributed by atoms with Gasteiger partial charge in [0, 0.05) is 19.2 Å². The zero-order chi connectivity index (χ0) is 21.1. The van der Waals surface area contributed by atoms with Crippen LogP contribution in [0, 0.1) is 16.0 Å². The molecule has 11 heteroatoms. The van der Waals surface area contributed by atoms with Crippen LogP contribution in [0.1, 0.15) is 30.1 Å². The molecule has 154 valence electrons. The first kappa shape index (κ1) is 21.5. The quantitative estimate of drug-likeness (QED) is 0.407. The highest BCUT2D eigenvalue weighted by molar-refractivity contribution is 5.93. The predicted octanol–water partition coefficient (Wildman–Crippen LogP) is 2.98. The van der Waals surface area contributed by atoms with E-state index in [1.54, 1.807) is 0 Å². The molecule has 1 aliphatic carbocycles. The Kier molecular flexibility index (Phi) is 6.47. The van der Waals surface area contributed by atoms with Gasteiger partial charge in [-0.25, -0.2) is 4.79 Å². The molecule has 1 aromatic rings. The zero-order valence-corrected chi connectivity index (χ0v) is 15.3. The summed E-state index contributed by atoms with van der Waals surface area (Å²) in [6.07, 6.45) is -3.10. The number of alkyl halides is 3. The molecule has 0 aromatic heterocycles. The Bertz CT molecular complexity index is 765. The largest absolute Gasteiger partial charge is 0.452 e. The van der Waals surface area contributed by atoms with E-state index in [-0.39, 0.29) is 22.9 Å². The maximum absolute atomic E-state index is 12.8. The summed E-state index contributed by atoms with van der Waals surface area (Å²) in [5.74, 6) is -2.00. The first-order chi connectivity index (χ1) is 13.0. The van der Waals surface area contributed by atoms with Gasteiger partial charge in [0.25, 0.3) is 11.6 Å². The number of carbonyl (C=O) groups is 2. The number of ether oxygens (including phenoxy) is 1. The molecule has 28 heavy (non-hydrogen) atoms. The average molecular weight is 403 g/mol. The number of amides is 1. The maximum Gasteiger partial charge on any atom is 0.406 e. The SMILES string of the molecule is CNc1ccc(C(=O)OCC(=O)N(CC(F)(F)F)[C@H](C)C2CC2)cc1[N+](=O)[O-]. The molecule has 0 saturated heterocycles. The normalized spacial score (nSPS) is 14.9. The van der Waals surface area contributed by atoms with E-state index >= 15 is 0 Å². The number of nitrogens with zero attached hydrogens (tertiary/aromatic N) is 2. The predicted molar refractivity (Wildman–Crippen MR) is 92.9 cm³/mol. The fraction of sp³-hybridized carbons (Fsp3) is 0.529. The summed E-state index contributed by atoms with van der Waals surface area (Å²) < 4.78 is 43.2. The van der Waals surface area contributed by atoms with E-state index < -0.39 is 42.2 Å². The minimum atomic E-state index is -4.58. The number of nitro benzene ring substituents is 1. The average Bonchev–Trinajstić information content (AvgIpc) is 3.47. The molecule has 1 saturated carbocycles. The molecule has 0 aliphatic heterocycles. The minimum Gasteiger partial charge on any atom is -0.452 e. The Morgan fingerprint density at radius 3 is 2.54 bits per heavy atom. The first-order valence-electron chi connectivity index (χ1n) is 8.53. The zero-order valence-electron chi connectivity index (χ0n) is 15.3. The summed E-state index contributed by atoms with van der Waals surface area (Å²) in [7, 11) is 1.47. The van der Waals surface area contributed by atoms with Crippen LogP contribution in [-0.2, 0) is 9.53 Å². The van der Waals surface area contributed by atoms with Crippen LogP contribution in [-0.4, -0.2) is 54.1 Å². The van der Waals surface area contributed by atoms with Crippen LogP contribution in [0.4, 0.5) is 24.5 Å². The van der Waals surface area contributed by atoms with Gasteiger partial charge in [-0.1, -0.05) is 0 Å². The highest BCUT2D eigenvalue weighted by atomic mass is 19.4. The molecule has 0 heterocycles. The van der Waals surface area contributed by atoms with E-state index in [9.17, 15) is 32.9 Å². The Balaban J connectivity index is 2.06. The summed E-state index contributed by atoms with van der Waals surface area (Å²) in [6, 6.07) is 2.90. The molecule has 1 aliphatic rings. The monoisotopic (exact) mass is 403 g/mol. The molecule has 1 atom stereocenters. The Hall–Kier alpha value is -2.85. The van der Waals surface area contributed by atoms with Crippen molar-refractivity contribution in [2.24, 2.45) is 5.92 Å². The van der Waals surface area contributed by atoms with Crippen LogP contribution in [0.15, 0.2) is 18.2 Å². The van der Waals surface area contributed by atoms with Crippen molar-refractivity contribution < 1.29 is 32.4 Å². The molecule has 0 unspecified atom stereocenters. The van der Waals surface area contributed by atoms with Gasteiger partial charge in [-0.15, -0.1) is 0 Å². The lowest BCUT2D eigenvalue weighted by molar-refractivity contribution is -0.384. The number of nitrogens with one attached hydrogen (secondary N) is 1. The second-order valence-electron chi connectivity index (χ2n) is 6.53. The Morgan fingerprint density at radius 1 is 1.39 bits per heavy atom. The molecular weight excluding hydrogens is 383 g/mol. The van der Waals surface area contributed by atoms with Crippen LogP contribution in [0.3, 0.4) is 0 Å². The second kappa shape index (κ2) is 8.44. The van der Waals surface area contributed by atoms with Gasteiger partial charge in [-0.3, -0.25) is 14.9 Å². The minimum absolute atomic E-state index is 0.00117. The van der Waals surface area contributed by atoms with Gasteiger partial charge in [0.05, 0.1) is 10.5 Å². The number of halogens is 3. The van der Waals surface area contributed by atoms with Gasteiger partial charge in [-0.2, -0.15) is 13.2 Å². The van der Waals surface area contributed by atoms with Gasteiger partial charge >= 0.3 is 12.1 Å². The van der Waals surface area contributed by atoms with E-state index in [2.05, 4.69) is 5.32 Å². The van der Waals surface area contributed by atoms with Crippen molar-refractivity contribution >= 4 is 23.3 Å². The number of carbonyl (C=O) groups excluding carboxylic acids is 2. The summed E-state index contributed by atoms with van der Waals surface area (Å²) in [5.41, 5.74) is -0.382. The van der Waals surface area contributed by atoms with Crippen molar-refractivity contribution in [2.75, 3.05) is 25.5 Å². The van der Waals surface area contributed by atoms with Gasteiger partial charge in [0.15, 0.2) is 6.61 Å². The third-order valence-electron chi connectivity index (χ3n) is 4.49. The molecule has 1 fully saturated rings. The van der Waals surface area contributed by atoms with E-state index in [0.29, 0.717) is 4.90 Å².